The first-order chi connectivity index (χ1) is 14.1. The van der Waals surface area contributed by atoms with E-state index in [0.717, 1.165) is 0 Å². The number of carbonyl (C=O) groups is 1. The van der Waals surface area contributed by atoms with Crippen molar-refractivity contribution >= 4 is 14.3 Å². The van der Waals surface area contributed by atoms with Crippen molar-refractivity contribution in [1.82, 2.24) is 5.32 Å². The molecule has 0 aromatic heterocycles. The molecule has 0 saturated carbocycles. The normalized spacial score (nSPS) is 13.3. The van der Waals surface area contributed by atoms with Gasteiger partial charge in [-0.25, -0.2) is 0 Å². The molecule has 1 unspecified atom stereocenters. The molecule has 5 heteroatoms. The molecule has 1 N–H and O–H groups in total. The molecular formula is C25H37NO3Si. The Hall–Kier alpha value is -1.95. The number of hydrogen-bond acceptors (Lipinski definition) is 4. The summed E-state index contributed by atoms with van der Waals surface area (Å²) in [5, 5.41) is 3.73. The molecule has 0 aliphatic carbocycles. The molecule has 0 amide bonds. The lowest BCUT2D eigenvalue weighted by Gasteiger charge is -2.39. The molecule has 0 heterocycles. The second-order valence-corrected chi connectivity index (χ2v) is 13.9. The first-order valence-corrected chi connectivity index (χ1v) is 13.7. The zero-order chi connectivity index (χ0) is 22.2. The monoisotopic (exact) mass is 427 g/mol. The number of nitrogens with one attached hydrogen (secondary N) is 1. The largest absolute Gasteiger partial charge is 0.466 e. The topological polar surface area (TPSA) is 47.6 Å². The van der Waals surface area contributed by atoms with Crippen molar-refractivity contribution < 1.29 is 14.0 Å². The van der Waals surface area contributed by atoms with Gasteiger partial charge in [0.2, 0.25) is 0 Å². The van der Waals surface area contributed by atoms with Crippen LogP contribution >= 0.6 is 0 Å². The van der Waals surface area contributed by atoms with Crippen molar-refractivity contribution in [1.29, 1.82) is 0 Å². The lowest BCUT2D eigenvalue weighted by molar-refractivity contribution is -0.145. The van der Waals surface area contributed by atoms with Gasteiger partial charge < -0.3 is 14.5 Å². The van der Waals surface area contributed by atoms with Gasteiger partial charge >= 0.3 is 5.97 Å². The van der Waals surface area contributed by atoms with Gasteiger partial charge in [-0.1, -0.05) is 81.4 Å². The maximum Gasteiger partial charge on any atom is 0.308 e. The quantitative estimate of drug-likeness (QED) is 0.390. The maximum atomic E-state index is 12.3. The van der Waals surface area contributed by atoms with E-state index in [1.807, 2.05) is 19.1 Å². The van der Waals surface area contributed by atoms with Crippen LogP contribution in [0.25, 0.3) is 0 Å². The lowest BCUT2D eigenvalue weighted by Crippen LogP contribution is -2.47. The summed E-state index contributed by atoms with van der Waals surface area (Å²) in [5.74, 6) is -0.209. The van der Waals surface area contributed by atoms with E-state index in [0.29, 0.717) is 13.2 Å². The van der Waals surface area contributed by atoms with Gasteiger partial charge in [0.05, 0.1) is 25.2 Å². The molecule has 4 nitrogen and oxygen atoms in total. The van der Waals surface area contributed by atoms with Crippen molar-refractivity contribution in [3.05, 3.63) is 71.8 Å². The Morgan fingerprint density at radius 2 is 1.47 bits per heavy atom. The van der Waals surface area contributed by atoms with Crippen molar-refractivity contribution in [3.8, 4) is 0 Å². The highest BCUT2D eigenvalue weighted by Crippen LogP contribution is 2.37. The average molecular weight is 428 g/mol. The standard InChI is InChI=1S/C25H37NO3Si/c1-7-28-23(27)18-22(29-30(5,6)25(2,3)4)19-26-24(20-14-10-8-11-15-20)21-16-12-9-13-17-21/h8-17,22,24,26H,7,18-19H2,1-6H3. The number of esters is 1. The van der Waals surface area contributed by atoms with Crippen LogP contribution in [0.15, 0.2) is 60.7 Å². The van der Waals surface area contributed by atoms with Crippen LogP contribution in [-0.4, -0.2) is 33.5 Å². The van der Waals surface area contributed by atoms with E-state index in [9.17, 15) is 4.79 Å². The summed E-state index contributed by atoms with van der Waals surface area (Å²) in [6.07, 6.45) is 0.0174. The van der Waals surface area contributed by atoms with E-state index < -0.39 is 8.32 Å². The van der Waals surface area contributed by atoms with Gasteiger partial charge in [-0.3, -0.25) is 4.79 Å². The molecule has 0 fully saturated rings. The minimum absolute atomic E-state index is 0.0279. The Labute approximate surface area is 183 Å². The van der Waals surface area contributed by atoms with E-state index in [1.165, 1.54) is 11.1 Å². The zero-order valence-corrected chi connectivity index (χ0v) is 20.3. The molecule has 30 heavy (non-hydrogen) atoms. The van der Waals surface area contributed by atoms with Gasteiger partial charge in [-0.15, -0.1) is 0 Å². The smallest absolute Gasteiger partial charge is 0.308 e. The van der Waals surface area contributed by atoms with Crippen LogP contribution in [0.3, 0.4) is 0 Å². The van der Waals surface area contributed by atoms with Crippen LogP contribution in [-0.2, 0) is 14.0 Å². The van der Waals surface area contributed by atoms with Crippen LogP contribution < -0.4 is 5.32 Å². The van der Waals surface area contributed by atoms with E-state index >= 15 is 0 Å². The third kappa shape index (κ3) is 7.08. The number of benzene rings is 2. The van der Waals surface area contributed by atoms with Gasteiger partial charge in [-0.05, 0) is 36.2 Å². The average Bonchev–Trinajstić information content (AvgIpc) is 2.68. The highest BCUT2D eigenvalue weighted by atomic mass is 28.4. The van der Waals surface area contributed by atoms with Crippen molar-refractivity contribution in [3.63, 3.8) is 0 Å². The van der Waals surface area contributed by atoms with Gasteiger partial charge in [0.1, 0.15) is 0 Å². The molecular weight excluding hydrogens is 390 g/mol. The fraction of sp³-hybridized carbons (Fsp3) is 0.480. The number of rotatable bonds is 10. The molecule has 0 spiro atoms. The second kappa shape index (κ2) is 10.9. The van der Waals surface area contributed by atoms with Crippen molar-refractivity contribution in [2.45, 2.75) is 64.4 Å². The first kappa shape index (κ1) is 24.3. The summed E-state index contributed by atoms with van der Waals surface area (Å²) in [6.45, 7) is 13.9. The number of hydrogen-bond donors (Lipinski definition) is 1. The van der Waals surface area contributed by atoms with Gasteiger partial charge in [-0.2, -0.15) is 0 Å². The summed E-state index contributed by atoms with van der Waals surface area (Å²) in [4.78, 5) is 12.3. The molecule has 0 radical (unpaired) electrons. The van der Waals surface area contributed by atoms with Crippen molar-refractivity contribution in [2.75, 3.05) is 13.2 Å². The van der Waals surface area contributed by atoms with Gasteiger partial charge in [0, 0.05) is 6.54 Å². The molecule has 0 saturated heterocycles. The van der Waals surface area contributed by atoms with Crippen LogP contribution in [0.1, 0.15) is 51.3 Å². The number of carbonyl (C=O) groups excluding carboxylic acids is 1. The molecule has 0 bridgehead atoms. The van der Waals surface area contributed by atoms with E-state index in [1.54, 1.807) is 0 Å². The Bertz CT molecular complexity index is 732. The summed E-state index contributed by atoms with van der Waals surface area (Å²) >= 11 is 0. The van der Waals surface area contributed by atoms with E-state index in [-0.39, 0.29) is 29.6 Å². The van der Waals surface area contributed by atoms with Crippen LogP contribution in [0.2, 0.25) is 18.1 Å². The van der Waals surface area contributed by atoms with Crippen LogP contribution in [0, 0.1) is 0 Å². The van der Waals surface area contributed by atoms with E-state index in [4.69, 9.17) is 9.16 Å². The first-order valence-electron chi connectivity index (χ1n) is 10.8. The molecule has 2 aromatic carbocycles. The lowest BCUT2D eigenvalue weighted by atomic mass is 9.98. The van der Waals surface area contributed by atoms with Gasteiger partial charge in [0.25, 0.3) is 0 Å². The highest BCUT2D eigenvalue weighted by Gasteiger charge is 2.39. The van der Waals surface area contributed by atoms with Crippen LogP contribution in [0.5, 0.6) is 0 Å². The predicted octanol–water partition coefficient (Wildman–Crippen LogP) is 5.71. The minimum Gasteiger partial charge on any atom is -0.466 e. The fourth-order valence-corrected chi connectivity index (χ4v) is 4.48. The SMILES string of the molecule is CCOC(=O)CC(CNC(c1ccccc1)c1ccccc1)O[Si](C)(C)C(C)(C)C. The summed E-state index contributed by atoms with van der Waals surface area (Å²) < 4.78 is 11.8. The third-order valence-electron chi connectivity index (χ3n) is 5.78. The third-order valence-corrected chi connectivity index (χ3v) is 10.3. The Kier molecular flexibility index (Phi) is 8.83. The zero-order valence-electron chi connectivity index (χ0n) is 19.3. The molecule has 2 aromatic rings. The van der Waals surface area contributed by atoms with Crippen LogP contribution in [0.4, 0.5) is 0 Å². The summed E-state index contributed by atoms with van der Waals surface area (Å²) in [5.41, 5.74) is 2.37. The van der Waals surface area contributed by atoms with E-state index in [2.05, 4.69) is 87.7 Å². The van der Waals surface area contributed by atoms with Gasteiger partial charge in [0.15, 0.2) is 8.32 Å². The second-order valence-electron chi connectivity index (χ2n) is 9.17. The Morgan fingerprint density at radius 1 is 0.967 bits per heavy atom. The maximum absolute atomic E-state index is 12.3. The van der Waals surface area contributed by atoms with Crippen molar-refractivity contribution in [2.24, 2.45) is 0 Å². The highest BCUT2D eigenvalue weighted by molar-refractivity contribution is 6.74. The minimum atomic E-state index is -2.04. The fourth-order valence-electron chi connectivity index (χ4n) is 3.12. The molecule has 1 atom stereocenters. The Balaban J connectivity index is 2.22. The summed E-state index contributed by atoms with van der Waals surface area (Å²) in [7, 11) is -2.04. The Morgan fingerprint density at radius 3 is 1.90 bits per heavy atom. The molecule has 0 aliphatic heterocycles. The molecule has 164 valence electrons. The number of ether oxygens (including phenoxy) is 1. The molecule has 0 aliphatic rings. The summed E-state index contributed by atoms with van der Waals surface area (Å²) in [6, 6.07) is 20.8. The predicted molar refractivity (Wildman–Crippen MR) is 126 cm³/mol. The molecule has 2 rings (SSSR count).